The van der Waals surface area contributed by atoms with Gasteiger partial charge < -0.3 is 10.1 Å². The lowest BCUT2D eigenvalue weighted by molar-refractivity contribution is -0.155. The first-order valence-corrected chi connectivity index (χ1v) is 18.5. The summed E-state index contributed by atoms with van der Waals surface area (Å²) in [5, 5.41) is 2.89. The second-order valence-electron chi connectivity index (χ2n) is 12.4. The number of hydrogen-bond donors (Lipinski definition) is 1. The van der Waals surface area contributed by atoms with Crippen molar-refractivity contribution in [2.45, 2.75) is 42.5 Å². The molecule has 2 saturated heterocycles. The number of nitrogens with one attached hydrogen (secondary N) is 1. The molecule has 1 N–H and O–H groups in total. The molecule has 260 valence electrons. The van der Waals surface area contributed by atoms with Gasteiger partial charge in [-0.15, -0.1) is 0 Å². The Morgan fingerprint density at radius 2 is 1.67 bits per heavy atom. The van der Waals surface area contributed by atoms with E-state index in [9.17, 15) is 26.4 Å². The van der Waals surface area contributed by atoms with Crippen molar-refractivity contribution in [1.29, 1.82) is 0 Å². The average Bonchev–Trinajstić information content (AvgIpc) is 3.08. The molecule has 2 aliphatic rings. The van der Waals surface area contributed by atoms with E-state index >= 15 is 0 Å². The Morgan fingerprint density at radius 3 is 2.31 bits per heavy atom. The van der Waals surface area contributed by atoms with E-state index in [0.717, 1.165) is 32.2 Å². The molecule has 0 spiro atoms. The molecule has 0 unspecified atom stereocenters. The number of aromatic nitrogens is 1. The van der Waals surface area contributed by atoms with Crippen molar-refractivity contribution in [3.05, 3.63) is 93.5 Å². The quantitative estimate of drug-likeness (QED) is 0.210. The SMILES string of the molecule is CS(=O)(=O)c1ccc2nc(-c3ccc(Cl)c(Cl)c3)c(CN3CCC(N4CCOCC4)CC3)c(C(=O)N[C@H](c3ccccc3)C(F)(F)F)c2c1. The van der Waals surface area contributed by atoms with Gasteiger partial charge in [0.25, 0.3) is 5.91 Å². The van der Waals surface area contributed by atoms with Gasteiger partial charge in [0.1, 0.15) is 0 Å². The summed E-state index contributed by atoms with van der Waals surface area (Å²) in [4.78, 5) is 23.8. The molecule has 8 nitrogen and oxygen atoms in total. The lowest BCUT2D eigenvalue weighted by Crippen LogP contribution is -2.48. The summed E-state index contributed by atoms with van der Waals surface area (Å²) >= 11 is 12.7. The largest absolute Gasteiger partial charge is 0.412 e. The second-order valence-corrected chi connectivity index (χ2v) is 15.2. The summed E-state index contributed by atoms with van der Waals surface area (Å²) < 4.78 is 74.5. The number of alkyl halides is 3. The number of sulfone groups is 1. The molecule has 3 aromatic carbocycles. The fourth-order valence-corrected chi connectivity index (χ4v) is 7.56. The molecule has 0 saturated carbocycles. The third kappa shape index (κ3) is 8.05. The van der Waals surface area contributed by atoms with E-state index in [-0.39, 0.29) is 38.5 Å². The number of carbonyl (C=O) groups excluding carboxylic acids is 1. The molecule has 1 atom stereocenters. The van der Waals surface area contributed by atoms with Gasteiger partial charge in [-0.05, 0) is 61.8 Å². The number of carbonyl (C=O) groups is 1. The van der Waals surface area contributed by atoms with Gasteiger partial charge in [0.05, 0.1) is 44.9 Å². The fraction of sp³-hybridized carbons (Fsp3) is 0.371. The number of pyridine rings is 1. The first kappa shape index (κ1) is 35.6. The lowest BCUT2D eigenvalue weighted by atomic mass is 9.94. The second kappa shape index (κ2) is 14.5. The minimum atomic E-state index is -4.83. The van der Waals surface area contributed by atoms with E-state index in [1.807, 2.05) is 0 Å². The maximum Gasteiger partial charge on any atom is 0.412 e. The van der Waals surface area contributed by atoms with Crippen LogP contribution in [0.3, 0.4) is 0 Å². The Bertz CT molecular complexity index is 1950. The number of rotatable bonds is 8. The van der Waals surface area contributed by atoms with Crippen molar-refractivity contribution < 1.29 is 31.1 Å². The first-order valence-electron chi connectivity index (χ1n) is 15.9. The number of benzene rings is 3. The zero-order valence-electron chi connectivity index (χ0n) is 26.6. The maximum atomic E-state index is 14.6. The molecule has 0 bridgehead atoms. The highest BCUT2D eigenvalue weighted by atomic mass is 35.5. The van der Waals surface area contributed by atoms with Crippen molar-refractivity contribution >= 4 is 49.8 Å². The van der Waals surface area contributed by atoms with Crippen LogP contribution in [0.1, 0.15) is 40.4 Å². The predicted octanol–water partition coefficient (Wildman–Crippen LogP) is 6.94. The number of nitrogens with zero attached hydrogens (tertiary/aromatic N) is 3. The van der Waals surface area contributed by atoms with E-state index in [4.69, 9.17) is 32.9 Å². The number of ether oxygens (including phenoxy) is 1. The number of amides is 1. The Balaban J connectivity index is 1.50. The van der Waals surface area contributed by atoms with Gasteiger partial charge >= 0.3 is 6.18 Å². The number of piperidine rings is 1. The smallest absolute Gasteiger partial charge is 0.379 e. The van der Waals surface area contributed by atoms with Crippen LogP contribution in [-0.2, 0) is 21.1 Å². The third-order valence-electron chi connectivity index (χ3n) is 9.14. The van der Waals surface area contributed by atoms with E-state index in [1.165, 1.54) is 42.5 Å². The molecule has 6 rings (SSSR count). The Kier molecular flexibility index (Phi) is 10.5. The zero-order valence-corrected chi connectivity index (χ0v) is 29.0. The topological polar surface area (TPSA) is 91.8 Å². The Hall–Kier alpha value is -3.26. The van der Waals surface area contributed by atoms with Gasteiger partial charge in [0.15, 0.2) is 15.9 Å². The van der Waals surface area contributed by atoms with E-state index in [1.54, 1.807) is 24.3 Å². The molecular formula is C35H35Cl2F3N4O4S. The summed E-state index contributed by atoms with van der Waals surface area (Å²) in [6, 6.07) is 14.2. The van der Waals surface area contributed by atoms with Crippen molar-refractivity contribution in [1.82, 2.24) is 20.1 Å². The van der Waals surface area contributed by atoms with Crippen LogP contribution in [0.15, 0.2) is 71.6 Å². The number of hydrogen-bond acceptors (Lipinski definition) is 7. The summed E-state index contributed by atoms with van der Waals surface area (Å²) in [5.41, 5.74) is 1.20. The normalized spacial score (nSPS) is 17.7. The van der Waals surface area contributed by atoms with Crippen LogP contribution in [0.4, 0.5) is 13.2 Å². The fourth-order valence-electron chi connectivity index (χ4n) is 6.62. The van der Waals surface area contributed by atoms with Crippen LogP contribution in [0.5, 0.6) is 0 Å². The molecule has 2 aliphatic heterocycles. The van der Waals surface area contributed by atoms with Crippen LogP contribution in [-0.4, -0.2) is 87.0 Å². The predicted molar refractivity (Wildman–Crippen MR) is 184 cm³/mol. The average molecular weight is 736 g/mol. The molecule has 0 radical (unpaired) electrons. The first-order chi connectivity index (χ1) is 23.3. The Labute approximate surface area is 293 Å². The van der Waals surface area contributed by atoms with E-state index < -0.39 is 28.0 Å². The summed E-state index contributed by atoms with van der Waals surface area (Å²) in [7, 11) is -3.75. The highest BCUT2D eigenvalue weighted by Crippen LogP contribution is 2.38. The van der Waals surface area contributed by atoms with Crippen molar-refractivity contribution in [2.24, 2.45) is 0 Å². The summed E-state index contributed by atoms with van der Waals surface area (Å²) in [6.07, 6.45) is -2.09. The van der Waals surface area contributed by atoms with E-state index in [2.05, 4.69) is 15.1 Å². The molecule has 3 heterocycles. The monoisotopic (exact) mass is 734 g/mol. The van der Waals surface area contributed by atoms with Crippen LogP contribution in [0.2, 0.25) is 10.0 Å². The number of fused-ring (bicyclic) bond motifs is 1. The van der Waals surface area contributed by atoms with Gasteiger partial charge in [-0.1, -0.05) is 59.6 Å². The number of halogens is 5. The zero-order chi connectivity index (χ0) is 34.9. The number of likely N-dealkylation sites (tertiary alicyclic amines) is 1. The molecule has 4 aromatic rings. The highest BCUT2D eigenvalue weighted by molar-refractivity contribution is 7.90. The van der Waals surface area contributed by atoms with Crippen molar-refractivity contribution in [3.8, 4) is 11.3 Å². The standard InChI is InChI=1S/C35H35Cl2F3N4O4S/c1-49(46,47)25-8-10-30-26(20-25)31(34(45)42-33(35(38,39)40)22-5-3-2-4-6-22)27(32(41-30)23-7-9-28(36)29(37)19-23)21-43-13-11-24(12-14-43)44-15-17-48-18-16-44/h2-10,19-20,24,33H,11-18,21H2,1H3,(H,42,45)/t33-/m1/s1. The van der Waals surface area contributed by atoms with E-state index in [0.29, 0.717) is 54.2 Å². The van der Waals surface area contributed by atoms with Gasteiger partial charge in [0, 0.05) is 48.4 Å². The summed E-state index contributed by atoms with van der Waals surface area (Å²) in [6.45, 7) is 4.59. The van der Waals surface area contributed by atoms with Gasteiger partial charge in [-0.25, -0.2) is 13.4 Å². The van der Waals surface area contributed by atoms with Crippen LogP contribution >= 0.6 is 23.2 Å². The maximum absolute atomic E-state index is 14.6. The lowest BCUT2D eigenvalue weighted by Gasteiger charge is -2.40. The third-order valence-corrected chi connectivity index (χ3v) is 11.0. The van der Waals surface area contributed by atoms with Crippen molar-refractivity contribution in [3.63, 3.8) is 0 Å². The molecular weight excluding hydrogens is 700 g/mol. The molecule has 1 amide bonds. The molecule has 1 aromatic heterocycles. The van der Waals surface area contributed by atoms with Crippen LogP contribution in [0, 0.1) is 0 Å². The van der Waals surface area contributed by atoms with Crippen LogP contribution in [0.25, 0.3) is 22.2 Å². The molecule has 2 fully saturated rings. The summed E-state index contributed by atoms with van der Waals surface area (Å²) in [5.74, 6) is -1.01. The van der Waals surface area contributed by atoms with Crippen LogP contribution < -0.4 is 5.32 Å². The molecule has 0 aliphatic carbocycles. The minimum Gasteiger partial charge on any atom is -0.379 e. The Morgan fingerprint density at radius 1 is 0.980 bits per heavy atom. The molecule has 14 heteroatoms. The van der Waals surface area contributed by atoms with Gasteiger partial charge in [0.2, 0.25) is 0 Å². The highest BCUT2D eigenvalue weighted by Gasteiger charge is 2.42. The van der Waals surface area contributed by atoms with Gasteiger partial charge in [-0.2, -0.15) is 13.2 Å². The van der Waals surface area contributed by atoms with Gasteiger partial charge in [-0.3, -0.25) is 14.6 Å². The van der Waals surface area contributed by atoms with Crippen molar-refractivity contribution in [2.75, 3.05) is 45.6 Å². The number of morpholine rings is 1. The minimum absolute atomic E-state index is 0.0861. The molecule has 49 heavy (non-hydrogen) atoms.